The van der Waals surface area contributed by atoms with Gasteiger partial charge in [0.25, 0.3) is 0 Å². The first kappa shape index (κ1) is 39.2. The molecule has 6 aromatic rings. The van der Waals surface area contributed by atoms with Crippen molar-refractivity contribution in [2.75, 3.05) is 33.2 Å². The van der Waals surface area contributed by atoms with Gasteiger partial charge >= 0.3 is 0 Å². The molecule has 8 rings (SSSR count). The zero-order valence-corrected chi connectivity index (χ0v) is 35.0. The Labute approximate surface area is 340 Å². The molecule has 0 atom stereocenters. The standard InChI is InChI=1S/C27H33N2O2.C25H22B/c1-26(2)20-16-18(30-7)12-14-22(20)28(5)24(26)10-9-11-25-27(3,4)21-17-19(31-8)13-15-23(21)29(25)6;1-21-13-11-12-20-25(21)26(22-14-5-2-6-15-22,23-16-7-3-8-17-23)24-18-9-4-10-19-24/h9-17H,1-8H3;2-20H,1H3/q+1;-1. The summed E-state index contributed by atoms with van der Waals surface area (Å²) in [5.41, 5.74) is 14.1. The number of hydrogen-bond acceptors (Lipinski definition) is 3. The molecule has 288 valence electrons. The average molecular weight is 751 g/mol. The average Bonchev–Trinajstić information content (AvgIpc) is 3.55. The third-order valence-corrected chi connectivity index (χ3v) is 12.5. The Kier molecular flexibility index (Phi) is 10.9. The fourth-order valence-electron chi connectivity index (χ4n) is 9.53. The molecule has 0 aromatic heterocycles. The monoisotopic (exact) mass is 750 g/mol. The van der Waals surface area contributed by atoms with Crippen LogP contribution in [-0.2, 0) is 10.8 Å². The van der Waals surface area contributed by atoms with Gasteiger partial charge in [-0.3, -0.25) is 0 Å². The van der Waals surface area contributed by atoms with Crippen LogP contribution in [0.3, 0.4) is 0 Å². The van der Waals surface area contributed by atoms with Gasteiger partial charge in [-0.2, -0.15) is 26.4 Å². The Balaban J connectivity index is 0.000000177. The van der Waals surface area contributed by atoms with Crippen molar-refractivity contribution in [2.24, 2.45) is 0 Å². The minimum atomic E-state index is -1.24. The number of hydrogen-bond donors (Lipinski definition) is 0. The van der Waals surface area contributed by atoms with E-state index in [2.05, 4.69) is 216 Å². The van der Waals surface area contributed by atoms with Gasteiger partial charge in [0.1, 0.15) is 24.7 Å². The molecule has 5 heteroatoms. The van der Waals surface area contributed by atoms with Crippen molar-refractivity contribution in [2.45, 2.75) is 45.4 Å². The SMILES string of the molecule is COc1ccc2c(c1)C(C)(C)C(/C=C/C=C1/N(C)c3ccc(OC)cc3C1(C)C)=[N+]2C.Cc1ccccc1[B-](c1ccccc1)(c1ccccc1)c1ccccc1. The van der Waals surface area contributed by atoms with Crippen molar-refractivity contribution in [3.05, 3.63) is 192 Å². The maximum Gasteiger partial charge on any atom is 0.209 e. The number of nitrogens with zero attached hydrogens (tertiary/aromatic N) is 2. The molecule has 2 aliphatic rings. The van der Waals surface area contributed by atoms with E-state index in [1.807, 2.05) is 12.1 Å². The third kappa shape index (κ3) is 6.90. The van der Waals surface area contributed by atoms with Crippen LogP contribution in [0.15, 0.2) is 176 Å². The summed E-state index contributed by atoms with van der Waals surface area (Å²) >= 11 is 0. The lowest BCUT2D eigenvalue weighted by Gasteiger charge is -2.45. The minimum Gasteiger partial charge on any atom is -0.497 e. The van der Waals surface area contributed by atoms with Crippen LogP contribution >= 0.6 is 0 Å². The van der Waals surface area contributed by atoms with Gasteiger partial charge in [-0.1, -0.05) is 141 Å². The third-order valence-electron chi connectivity index (χ3n) is 12.5. The number of rotatable bonds is 8. The van der Waals surface area contributed by atoms with Crippen molar-refractivity contribution in [3.63, 3.8) is 0 Å². The summed E-state index contributed by atoms with van der Waals surface area (Å²) in [4.78, 5) is 2.28. The minimum absolute atomic E-state index is 0.0962. The van der Waals surface area contributed by atoms with E-state index in [9.17, 15) is 0 Å². The van der Waals surface area contributed by atoms with Gasteiger partial charge in [-0.05, 0) is 62.7 Å². The van der Waals surface area contributed by atoms with Crippen LogP contribution in [0.5, 0.6) is 11.5 Å². The summed E-state index contributed by atoms with van der Waals surface area (Å²) in [7, 11) is 7.72. The molecule has 0 amide bonds. The second-order valence-corrected chi connectivity index (χ2v) is 16.4. The van der Waals surface area contributed by atoms with Crippen molar-refractivity contribution in [1.82, 2.24) is 0 Å². The maximum atomic E-state index is 5.46. The topological polar surface area (TPSA) is 24.7 Å². The van der Waals surface area contributed by atoms with E-state index in [1.54, 1.807) is 14.2 Å². The van der Waals surface area contributed by atoms with E-state index < -0.39 is 6.15 Å². The fraction of sp³-hybridized carbons (Fsp3) is 0.212. The lowest BCUT2D eigenvalue weighted by Crippen LogP contribution is -2.75. The van der Waals surface area contributed by atoms with Gasteiger partial charge in [0.2, 0.25) is 5.69 Å². The molecule has 2 aliphatic heterocycles. The summed E-state index contributed by atoms with van der Waals surface area (Å²) in [6, 6.07) is 54.3. The highest BCUT2D eigenvalue weighted by atomic mass is 16.5. The first-order chi connectivity index (χ1) is 27.5. The van der Waals surface area contributed by atoms with Gasteiger partial charge in [-0.25, -0.2) is 0 Å². The smallest absolute Gasteiger partial charge is 0.209 e. The molecule has 57 heavy (non-hydrogen) atoms. The summed E-state index contributed by atoms with van der Waals surface area (Å²) in [5.74, 6) is 1.80. The van der Waals surface area contributed by atoms with Gasteiger partial charge in [0.05, 0.1) is 19.6 Å². The van der Waals surface area contributed by atoms with E-state index in [4.69, 9.17) is 9.47 Å². The number of fused-ring (bicyclic) bond motifs is 2. The van der Waals surface area contributed by atoms with Gasteiger partial charge in [0.15, 0.2) is 5.71 Å². The lowest BCUT2D eigenvalue weighted by atomic mass is 9.12. The van der Waals surface area contributed by atoms with Gasteiger partial charge < -0.3 is 14.4 Å². The molecule has 0 saturated heterocycles. The molecule has 0 radical (unpaired) electrons. The molecule has 6 aromatic carbocycles. The van der Waals surface area contributed by atoms with Crippen LogP contribution in [0, 0.1) is 6.92 Å². The van der Waals surface area contributed by atoms with Gasteiger partial charge in [0, 0.05) is 41.6 Å². The molecular weight excluding hydrogens is 695 g/mol. The van der Waals surface area contributed by atoms with Crippen molar-refractivity contribution >= 4 is 45.1 Å². The number of ether oxygens (including phenoxy) is 2. The van der Waals surface area contributed by atoms with Crippen molar-refractivity contribution < 1.29 is 14.0 Å². The first-order valence-corrected chi connectivity index (χ1v) is 19.9. The number of benzene rings is 6. The second kappa shape index (κ2) is 15.8. The first-order valence-electron chi connectivity index (χ1n) is 19.9. The Morgan fingerprint density at radius 2 is 1.09 bits per heavy atom. The second-order valence-electron chi connectivity index (χ2n) is 16.4. The Hall–Kier alpha value is -6.07. The van der Waals surface area contributed by atoms with Crippen LogP contribution in [0.25, 0.3) is 0 Å². The summed E-state index contributed by atoms with van der Waals surface area (Å²) in [5, 5.41) is 0. The maximum absolute atomic E-state index is 5.46. The quantitative estimate of drug-likeness (QED) is 0.115. The highest BCUT2D eigenvalue weighted by molar-refractivity contribution is 7.20. The van der Waals surface area contributed by atoms with E-state index in [-0.39, 0.29) is 10.8 Å². The molecule has 0 spiro atoms. The molecule has 2 heterocycles. The van der Waals surface area contributed by atoms with Gasteiger partial charge in [-0.15, -0.1) is 0 Å². The van der Waals surface area contributed by atoms with Crippen molar-refractivity contribution in [3.8, 4) is 11.5 Å². The summed E-state index contributed by atoms with van der Waals surface area (Å²) < 4.78 is 13.2. The van der Waals surface area contributed by atoms with Crippen LogP contribution < -0.4 is 36.2 Å². The largest absolute Gasteiger partial charge is 0.497 e. The Morgan fingerprint density at radius 1 is 0.596 bits per heavy atom. The van der Waals surface area contributed by atoms with Crippen LogP contribution in [0.4, 0.5) is 11.4 Å². The number of allylic oxidation sites excluding steroid dienone is 4. The Morgan fingerprint density at radius 3 is 1.61 bits per heavy atom. The highest BCUT2D eigenvalue weighted by Crippen LogP contribution is 2.48. The molecule has 0 fully saturated rings. The highest BCUT2D eigenvalue weighted by Gasteiger charge is 2.43. The van der Waals surface area contributed by atoms with E-state index in [0.29, 0.717) is 0 Å². The number of methoxy groups -OCH3 is 2. The zero-order valence-electron chi connectivity index (χ0n) is 35.0. The molecular formula is C52H55BN2O2. The molecule has 4 nitrogen and oxygen atoms in total. The summed E-state index contributed by atoms with van der Waals surface area (Å²) in [6.07, 6.45) is 5.43. The zero-order chi connectivity index (χ0) is 40.4. The van der Waals surface area contributed by atoms with E-state index in [1.165, 1.54) is 61.3 Å². The number of aryl methyl sites for hydroxylation is 1. The normalized spacial score (nSPS) is 15.9. The Bertz CT molecular complexity index is 2370. The molecule has 0 bridgehead atoms. The van der Waals surface area contributed by atoms with Crippen LogP contribution in [0.2, 0.25) is 0 Å². The predicted octanol–water partition coefficient (Wildman–Crippen LogP) is 8.95. The molecule has 0 aliphatic carbocycles. The fourth-order valence-corrected chi connectivity index (χ4v) is 9.53. The predicted molar refractivity (Wildman–Crippen MR) is 243 cm³/mol. The van der Waals surface area contributed by atoms with E-state index >= 15 is 0 Å². The van der Waals surface area contributed by atoms with Crippen LogP contribution in [-0.4, -0.2) is 44.7 Å². The number of likely N-dealkylation sites (N-methyl/N-ethyl adjacent to an activating group) is 1. The number of anilines is 1. The summed E-state index contributed by atoms with van der Waals surface area (Å²) in [6.45, 7) is 11.3. The molecule has 0 saturated carbocycles. The van der Waals surface area contributed by atoms with Crippen molar-refractivity contribution in [1.29, 1.82) is 0 Å². The lowest BCUT2D eigenvalue weighted by molar-refractivity contribution is -0.401. The molecule has 0 N–H and O–H groups in total. The molecule has 0 unspecified atom stereocenters. The van der Waals surface area contributed by atoms with Crippen LogP contribution in [0.1, 0.15) is 44.4 Å². The van der Waals surface area contributed by atoms with E-state index in [0.717, 1.165) is 11.5 Å².